The standard InChI is InChI=1S/C16H14N2O2/c17-11-13-3-7-15(8-4-13)18-10-9-12-1-5-14(6-2-12)16(19)20/h1-8,18H,9-10H2,(H,19,20). The summed E-state index contributed by atoms with van der Waals surface area (Å²) in [6.07, 6.45) is 0.805. The predicted molar refractivity (Wildman–Crippen MR) is 76.8 cm³/mol. The number of nitrogens with zero attached hydrogens (tertiary/aromatic N) is 1. The average Bonchev–Trinajstić information content (AvgIpc) is 2.48. The van der Waals surface area contributed by atoms with Crippen molar-refractivity contribution in [3.05, 3.63) is 65.2 Å². The second kappa shape index (κ2) is 6.39. The minimum Gasteiger partial charge on any atom is -0.478 e. The normalized spacial score (nSPS) is 9.75. The number of carbonyl (C=O) groups is 1. The lowest BCUT2D eigenvalue weighted by atomic mass is 10.1. The van der Waals surface area contributed by atoms with Gasteiger partial charge in [-0.15, -0.1) is 0 Å². The Bertz CT molecular complexity index is 625. The summed E-state index contributed by atoms with van der Waals surface area (Å²) in [6.45, 7) is 0.748. The molecule has 0 fully saturated rings. The van der Waals surface area contributed by atoms with Crippen molar-refractivity contribution in [3.63, 3.8) is 0 Å². The molecule has 0 heterocycles. The maximum absolute atomic E-state index is 10.7. The predicted octanol–water partition coefficient (Wildman–Crippen LogP) is 2.91. The highest BCUT2D eigenvalue weighted by atomic mass is 16.4. The highest BCUT2D eigenvalue weighted by Gasteiger charge is 2.01. The summed E-state index contributed by atoms with van der Waals surface area (Å²) >= 11 is 0. The molecular formula is C16H14N2O2. The summed E-state index contributed by atoms with van der Waals surface area (Å²) < 4.78 is 0. The molecule has 4 nitrogen and oxygen atoms in total. The third-order valence-electron chi connectivity index (χ3n) is 2.96. The molecule has 0 saturated carbocycles. The monoisotopic (exact) mass is 266 g/mol. The number of nitrogens with one attached hydrogen (secondary N) is 1. The lowest BCUT2D eigenvalue weighted by Gasteiger charge is -2.06. The van der Waals surface area contributed by atoms with Gasteiger partial charge in [0.1, 0.15) is 0 Å². The number of nitriles is 1. The van der Waals surface area contributed by atoms with E-state index >= 15 is 0 Å². The Balaban J connectivity index is 1.86. The van der Waals surface area contributed by atoms with Crippen LogP contribution < -0.4 is 5.32 Å². The molecule has 0 aliphatic heterocycles. The average molecular weight is 266 g/mol. The van der Waals surface area contributed by atoms with Crippen LogP contribution in [0.2, 0.25) is 0 Å². The lowest BCUT2D eigenvalue weighted by molar-refractivity contribution is 0.0697. The minimum absolute atomic E-state index is 0.300. The maximum atomic E-state index is 10.7. The van der Waals surface area contributed by atoms with Crippen LogP contribution in [0.4, 0.5) is 5.69 Å². The van der Waals surface area contributed by atoms with Gasteiger partial charge in [-0.05, 0) is 48.4 Å². The van der Waals surface area contributed by atoms with Crippen LogP contribution >= 0.6 is 0 Å². The van der Waals surface area contributed by atoms with E-state index in [1.54, 1.807) is 24.3 Å². The molecule has 0 spiro atoms. The van der Waals surface area contributed by atoms with E-state index in [1.165, 1.54) is 0 Å². The molecule has 20 heavy (non-hydrogen) atoms. The number of carboxylic acids is 1. The number of carboxylic acid groups (broad SMARTS) is 1. The van der Waals surface area contributed by atoms with Crippen molar-refractivity contribution in [2.24, 2.45) is 0 Å². The first kappa shape index (κ1) is 13.6. The van der Waals surface area contributed by atoms with E-state index in [0.29, 0.717) is 11.1 Å². The first-order valence-corrected chi connectivity index (χ1v) is 6.25. The quantitative estimate of drug-likeness (QED) is 0.872. The number of anilines is 1. The van der Waals surface area contributed by atoms with Crippen LogP contribution in [0, 0.1) is 11.3 Å². The molecule has 2 aromatic rings. The van der Waals surface area contributed by atoms with E-state index in [4.69, 9.17) is 10.4 Å². The molecule has 2 N–H and O–H groups in total. The highest BCUT2D eigenvalue weighted by Crippen LogP contribution is 2.10. The van der Waals surface area contributed by atoms with Gasteiger partial charge in [-0.1, -0.05) is 12.1 Å². The van der Waals surface area contributed by atoms with Gasteiger partial charge in [0.15, 0.2) is 0 Å². The third kappa shape index (κ3) is 3.59. The van der Waals surface area contributed by atoms with E-state index in [-0.39, 0.29) is 0 Å². The van der Waals surface area contributed by atoms with Gasteiger partial charge in [0.2, 0.25) is 0 Å². The van der Waals surface area contributed by atoms with Crippen LogP contribution in [0.15, 0.2) is 48.5 Å². The molecule has 0 bridgehead atoms. The van der Waals surface area contributed by atoms with Crippen molar-refractivity contribution < 1.29 is 9.90 Å². The molecule has 0 saturated heterocycles. The van der Waals surface area contributed by atoms with Crippen LogP contribution in [-0.2, 0) is 6.42 Å². The fraction of sp³-hybridized carbons (Fsp3) is 0.125. The van der Waals surface area contributed by atoms with E-state index in [9.17, 15) is 4.79 Å². The van der Waals surface area contributed by atoms with Gasteiger partial charge >= 0.3 is 5.97 Å². The number of hydrogen-bond acceptors (Lipinski definition) is 3. The van der Waals surface area contributed by atoms with Crippen molar-refractivity contribution >= 4 is 11.7 Å². The second-order valence-corrected chi connectivity index (χ2v) is 4.37. The second-order valence-electron chi connectivity index (χ2n) is 4.37. The van der Waals surface area contributed by atoms with Crippen LogP contribution in [0.5, 0.6) is 0 Å². The fourth-order valence-electron chi connectivity index (χ4n) is 1.83. The lowest BCUT2D eigenvalue weighted by Crippen LogP contribution is -2.05. The number of benzene rings is 2. The number of aromatic carboxylic acids is 1. The van der Waals surface area contributed by atoms with Gasteiger partial charge in [-0.25, -0.2) is 4.79 Å². The summed E-state index contributed by atoms with van der Waals surface area (Å²) in [4.78, 5) is 10.7. The van der Waals surface area contributed by atoms with E-state index < -0.39 is 5.97 Å². The van der Waals surface area contributed by atoms with Crippen LogP contribution in [0.25, 0.3) is 0 Å². The van der Waals surface area contributed by atoms with Gasteiger partial charge in [-0.3, -0.25) is 0 Å². The molecule has 0 aromatic heterocycles. The van der Waals surface area contributed by atoms with E-state index in [1.807, 2.05) is 24.3 Å². The molecule has 2 rings (SSSR count). The maximum Gasteiger partial charge on any atom is 0.335 e. The zero-order chi connectivity index (χ0) is 14.4. The molecule has 2 aromatic carbocycles. The third-order valence-corrected chi connectivity index (χ3v) is 2.96. The Labute approximate surface area is 117 Å². The van der Waals surface area contributed by atoms with Crippen molar-refractivity contribution in [2.45, 2.75) is 6.42 Å². The smallest absolute Gasteiger partial charge is 0.335 e. The minimum atomic E-state index is -0.910. The summed E-state index contributed by atoms with van der Waals surface area (Å²) in [5.41, 5.74) is 2.98. The SMILES string of the molecule is N#Cc1ccc(NCCc2ccc(C(=O)O)cc2)cc1. The molecule has 4 heteroatoms. The first-order valence-electron chi connectivity index (χ1n) is 6.25. The molecule has 100 valence electrons. The van der Waals surface area contributed by atoms with Gasteiger partial charge in [0.25, 0.3) is 0 Å². The van der Waals surface area contributed by atoms with Gasteiger partial charge in [-0.2, -0.15) is 5.26 Å². The summed E-state index contributed by atoms with van der Waals surface area (Å²) in [5, 5.41) is 20.8. The van der Waals surface area contributed by atoms with Crippen LogP contribution in [0.1, 0.15) is 21.5 Å². The summed E-state index contributed by atoms with van der Waals surface area (Å²) in [7, 11) is 0. The van der Waals surface area contributed by atoms with Gasteiger partial charge < -0.3 is 10.4 Å². The first-order chi connectivity index (χ1) is 9.69. The van der Waals surface area contributed by atoms with Crippen LogP contribution in [0.3, 0.4) is 0 Å². The Morgan fingerprint density at radius 2 is 1.75 bits per heavy atom. The number of rotatable bonds is 5. The molecule has 0 radical (unpaired) electrons. The Kier molecular flexibility index (Phi) is 4.35. The number of hydrogen-bond donors (Lipinski definition) is 2. The van der Waals surface area contributed by atoms with E-state index in [0.717, 1.165) is 24.2 Å². The van der Waals surface area contributed by atoms with Crippen molar-refractivity contribution in [1.29, 1.82) is 5.26 Å². The zero-order valence-electron chi connectivity index (χ0n) is 10.8. The molecular weight excluding hydrogens is 252 g/mol. The Hall–Kier alpha value is -2.80. The largest absolute Gasteiger partial charge is 0.478 e. The molecule has 0 aliphatic rings. The molecule has 0 unspecified atom stereocenters. The highest BCUT2D eigenvalue weighted by molar-refractivity contribution is 5.87. The van der Waals surface area contributed by atoms with Crippen LogP contribution in [-0.4, -0.2) is 17.6 Å². The fourth-order valence-corrected chi connectivity index (χ4v) is 1.83. The van der Waals surface area contributed by atoms with Gasteiger partial charge in [0, 0.05) is 12.2 Å². The van der Waals surface area contributed by atoms with E-state index in [2.05, 4.69) is 11.4 Å². The summed E-state index contributed by atoms with van der Waals surface area (Å²) in [6, 6.07) is 16.2. The Morgan fingerprint density at radius 1 is 1.10 bits per heavy atom. The summed E-state index contributed by atoms with van der Waals surface area (Å²) in [5.74, 6) is -0.910. The van der Waals surface area contributed by atoms with Gasteiger partial charge in [0.05, 0.1) is 17.2 Å². The Morgan fingerprint density at radius 3 is 2.30 bits per heavy atom. The molecule has 0 aliphatic carbocycles. The molecule has 0 atom stereocenters. The van der Waals surface area contributed by atoms with Crippen molar-refractivity contribution in [2.75, 3.05) is 11.9 Å². The van der Waals surface area contributed by atoms with Crippen molar-refractivity contribution in [3.8, 4) is 6.07 Å². The van der Waals surface area contributed by atoms with Crippen molar-refractivity contribution in [1.82, 2.24) is 0 Å². The topological polar surface area (TPSA) is 73.1 Å². The molecule has 0 amide bonds. The zero-order valence-corrected chi connectivity index (χ0v) is 10.8.